The van der Waals surface area contributed by atoms with Gasteiger partial charge < -0.3 is 10.4 Å². The minimum absolute atomic E-state index is 0.345. The Labute approximate surface area is 144 Å². The van der Waals surface area contributed by atoms with Gasteiger partial charge in [0.15, 0.2) is 0 Å². The number of nitrogens with zero attached hydrogens (tertiary/aromatic N) is 4. The van der Waals surface area contributed by atoms with Crippen LogP contribution in [-0.4, -0.2) is 44.2 Å². The van der Waals surface area contributed by atoms with Crippen LogP contribution in [0.5, 0.6) is 0 Å². The van der Waals surface area contributed by atoms with Gasteiger partial charge in [-0.25, -0.2) is 13.4 Å². The van der Waals surface area contributed by atoms with E-state index in [9.17, 15) is 13.5 Å². The molecule has 0 radical (unpaired) electrons. The fourth-order valence-electron chi connectivity index (χ4n) is 2.75. The highest BCUT2D eigenvalue weighted by atomic mass is 32.2. The molecular formula is C16H17N5O3S. The zero-order chi connectivity index (χ0) is 17.6. The molecule has 0 spiro atoms. The van der Waals surface area contributed by atoms with Gasteiger partial charge in [-0.3, -0.25) is 4.98 Å². The van der Waals surface area contributed by atoms with Gasteiger partial charge in [-0.2, -0.15) is 9.19 Å². The highest BCUT2D eigenvalue weighted by Gasteiger charge is 2.38. The molecule has 25 heavy (non-hydrogen) atoms. The van der Waals surface area contributed by atoms with Crippen LogP contribution in [-0.2, 0) is 10.0 Å². The predicted octanol–water partition coefficient (Wildman–Crippen LogP) is 1.58. The van der Waals surface area contributed by atoms with E-state index in [2.05, 4.69) is 20.4 Å². The molecule has 0 bridgehead atoms. The molecule has 1 aliphatic carbocycles. The highest BCUT2D eigenvalue weighted by molar-refractivity contribution is 7.90. The zero-order valence-electron chi connectivity index (χ0n) is 13.5. The van der Waals surface area contributed by atoms with E-state index in [0.29, 0.717) is 29.6 Å². The van der Waals surface area contributed by atoms with Crippen LogP contribution in [0.25, 0.3) is 22.0 Å². The summed E-state index contributed by atoms with van der Waals surface area (Å²) in [6.45, 7) is 1.60. The van der Waals surface area contributed by atoms with E-state index < -0.39 is 16.3 Å². The lowest BCUT2D eigenvalue weighted by atomic mass is 10.1. The van der Waals surface area contributed by atoms with E-state index in [1.54, 1.807) is 37.6 Å². The van der Waals surface area contributed by atoms with E-state index in [-0.39, 0.29) is 5.25 Å². The second-order valence-corrected chi connectivity index (χ2v) is 8.14. The van der Waals surface area contributed by atoms with E-state index in [1.807, 2.05) is 0 Å². The summed E-state index contributed by atoms with van der Waals surface area (Å²) in [5.41, 5.74) is 2.02. The molecule has 2 N–H and O–H groups in total. The average molecular weight is 359 g/mol. The summed E-state index contributed by atoms with van der Waals surface area (Å²) in [6.07, 6.45) is 6.97. The first kappa shape index (κ1) is 16.0. The minimum atomic E-state index is -3.46. The Hall–Kier alpha value is -2.52. The van der Waals surface area contributed by atoms with Gasteiger partial charge >= 0.3 is 0 Å². The quantitative estimate of drug-likeness (QED) is 0.666. The largest absolute Gasteiger partial charge is 0.374 e. The van der Waals surface area contributed by atoms with Gasteiger partial charge in [-0.05, 0) is 37.5 Å². The number of aliphatic hydroxyl groups is 1. The highest BCUT2D eigenvalue weighted by Crippen LogP contribution is 2.33. The Bertz CT molecular complexity index is 1040. The van der Waals surface area contributed by atoms with E-state index in [0.717, 1.165) is 15.2 Å². The van der Waals surface area contributed by atoms with Crippen molar-refractivity contribution in [1.82, 2.24) is 19.2 Å². The van der Waals surface area contributed by atoms with Gasteiger partial charge in [0.25, 0.3) is 10.0 Å². The Kier molecular flexibility index (Phi) is 3.69. The third-order valence-electron chi connectivity index (χ3n) is 4.08. The summed E-state index contributed by atoms with van der Waals surface area (Å²) in [4.78, 5) is 8.34. The number of aromatic nitrogens is 4. The molecule has 3 heterocycles. The summed E-state index contributed by atoms with van der Waals surface area (Å²) in [5.74, 6) is 0.516. The van der Waals surface area contributed by atoms with Crippen LogP contribution in [0.15, 0.2) is 36.9 Å². The topological polar surface area (TPSA) is 110 Å². The fraction of sp³-hybridized carbons (Fsp3) is 0.312. The molecule has 0 aliphatic heterocycles. The van der Waals surface area contributed by atoms with Crippen LogP contribution in [0.1, 0.15) is 19.8 Å². The summed E-state index contributed by atoms with van der Waals surface area (Å²) >= 11 is 0. The summed E-state index contributed by atoms with van der Waals surface area (Å²) in [5, 5.41) is 16.7. The van der Waals surface area contributed by atoms with E-state index in [1.165, 1.54) is 6.20 Å². The maximum absolute atomic E-state index is 12.5. The van der Waals surface area contributed by atoms with Crippen molar-refractivity contribution < 1.29 is 13.5 Å². The summed E-state index contributed by atoms with van der Waals surface area (Å²) < 4.78 is 26.1. The fourth-order valence-corrected chi connectivity index (χ4v) is 4.36. The Morgan fingerprint density at radius 3 is 2.84 bits per heavy atom. The molecule has 1 aliphatic rings. The van der Waals surface area contributed by atoms with Crippen molar-refractivity contribution in [2.24, 2.45) is 0 Å². The molecule has 1 saturated carbocycles. The molecule has 1 atom stereocenters. The molecule has 1 unspecified atom stereocenters. The number of fused-ring (bicyclic) bond motifs is 1. The number of hydrogen-bond donors (Lipinski definition) is 2. The van der Waals surface area contributed by atoms with Gasteiger partial charge in [0.1, 0.15) is 17.6 Å². The molecule has 3 aromatic heterocycles. The van der Waals surface area contributed by atoms with Gasteiger partial charge in [0.05, 0.1) is 17.6 Å². The van der Waals surface area contributed by atoms with Crippen LogP contribution in [0.2, 0.25) is 0 Å². The van der Waals surface area contributed by atoms with Crippen molar-refractivity contribution in [2.45, 2.75) is 31.2 Å². The first-order chi connectivity index (χ1) is 12.0. The molecule has 3 aromatic rings. The van der Waals surface area contributed by atoms with Crippen LogP contribution in [0, 0.1) is 0 Å². The minimum Gasteiger partial charge on any atom is -0.374 e. The second kappa shape index (κ2) is 5.78. The molecule has 4 rings (SSSR count). The lowest BCUT2D eigenvalue weighted by molar-refractivity contribution is 0.224. The van der Waals surface area contributed by atoms with Crippen molar-refractivity contribution in [3.63, 3.8) is 0 Å². The molecule has 130 valence electrons. The number of pyridine rings is 2. The lowest BCUT2D eigenvalue weighted by Gasteiger charge is -2.10. The van der Waals surface area contributed by atoms with Gasteiger partial charge in [-0.15, -0.1) is 0 Å². The molecule has 9 heteroatoms. The van der Waals surface area contributed by atoms with Crippen molar-refractivity contribution >= 4 is 26.7 Å². The van der Waals surface area contributed by atoms with Crippen molar-refractivity contribution in [1.29, 1.82) is 0 Å². The van der Waals surface area contributed by atoms with Gasteiger partial charge in [0, 0.05) is 23.3 Å². The Morgan fingerprint density at radius 1 is 1.32 bits per heavy atom. The molecule has 0 aromatic carbocycles. The molecule has 0 amide bonds. The van der Waals surface area contributed by atoms with Crippen molar-refractivity contribution in [3.8, 4) is 11.1 Å². The predicted molar refractivity (Wildman–Crippen MR) is 93.4 cm³/mol. The first-order valence-electron chi connectivity index (χ1n) is 7.94. The number of rotatable bonds is 5. The normalized spacial score (nSPS) is 16.1. The molecule has 0 saturated heterocycles. The monoisotopic (exact) mass is 359 g/mol. The maximum atomic E-state index is 12.5. The average Bonchev–Trinajstić information content (AvgIpc) is 3.34. The van der Waals surface area contributed by atoms with Crippen LogP contribution >= 0.6 is 0 Å². The van der Waals surface area contributed by atoms with Crippen LogP contribution in [0.3, 0.4) is 0 Å². The molecule has 8 nitrogen and oxygen atoms in total. The zero-order valence-corrected chi connectivity index (χ0v) is 14.3. The first-order valence-corrected chi connectivity index (χ1v) is 9.44. The van der Waals surface area contributed by atoms with Crippen LogP contribution < -0.4 is 5.32 Å². The molecular weight excluding hydrogens is 342 g/mol. The third-order valence-corrected chi connectivity index (χ3v) is 6.17. The van der Waals surface area contributed by atoms with Gasteiger partial charge in [-0.1, -0.05) is 0 Å². The Balaban J connectivity index is 1.83. The standard InChI is InChI=1S/C16H17N5O3S/c1-10(22)20-16-6-11(4-5-18-16)13-7-17-9-15-14(13)8-19-21(15)25(23,24)12-2-3-12/h4-10,12,22H,2-3H2,1H3,(H,18,20). The second-order valence-electron chi connectivity index (χ2n) is 6.10. The number of hydrogen-bond acceptors (Lipinski definition) is 7. The van der Waals surface area contributed by atoms with Crippen LogP contribution in [0.4, 0.5) is 5.82 Å². The van der Waals surface area contributed by atoms with E-state index in [4.69, 9.17) is 0 Å². The van der Waals surface area contributed by atoms with Crippen molar-refractivity contribution in [2.75, 3.05) is 5.32 Å². The maximum Gasteiger partial charge on any atom is 0.257 e. The summed E-state index contributed by atoms with van der Waals surface area (Å²) in [7, 11) is -3.46. The SMILES string of the molecule is CC(O)Nc1cc(-c2cncc3c2cnn3S(=O)(=O)C2CC2)ccn1. The number of aliphatic hydroxyl groups excluding tert-OH is 1. The smallest absolute Gasteiger partial charge is 0.257 e. The van der Waals surface area contributed by atoms with Crippen molar-refractivity contribution in [3.05, 3.63) is 36.9 Å². The van der Waals surface area contributed by atoms with Gasteiger partial charge in [0.2, 0.25) is 0 Å². The van der Waals surface area contributed by atoms with E-state index >= 15 is 0 Å². The number of anilines is 1. The lowest BCUT2D eigenvalue weighted by Crippen LogP contribution is -2.18. The number of nitrogens with one attached hydrogen (secondary N) is 1. The summed E-state index contributed by atoms with van der Waals surface area (Å²) in [6, 6.07) is 3.58. The third kappa shape index (κ3) is 2.85. The molecule has 1 fully saturated rings. The Morgan fingerprint density at radius 2 is 2.12 bits per heavy atom.